The highest BCUT2D eigenvalue weighted by Crippen LogP contribution is 2.48. The van der Waals surface area contributed by atoms with Crippen molar-refractivity contribution in [1.82, 2.24) is 0 Å². The van der Waals surface area contributed by atoms with Crippen molar-refractivity contribution in [3.8, 4) is 0 Å². The third kappa shape index (κ3) is 8.33. The minimum atomic E-state index is -6.44. The molecule has 12 heteroatoms. The van der Waals surface area contributed by atoms with E-state index in [1.165, 1.54) is 0 Å². The lowest BCUT2D eigenvalue weighted by Crippen LogP contribution is -2.59. The summed E-state index contributed by atoms with van der Waals surface area (Å²) in [4.78, 5) is 22.8. The molecule has 0 bridgehead atoms. The van der Waals surface area contributed by atoms with Crippen LogP contribution in [-0.4, -0.2) is 48.8 Å². The second-order valence-electron chi connectivity index (χ2n) is 6.51. The second kappa shape index (κ2) is 11.5. The van der Waals surface area contributed by atoms with Gasteiger partial charge in [-0.3, -0.25) is 9.59 Å². The number of alkyl halides is 8. The number of hydrogen-bond donors (Lipinski definition) is 0. The number of esters is 2. The van der Waals surface area contributed by atoms with Gasteiger partial charge in [-0.1, -0.05) is 19.8 Å². The highest BCUT2D eigenvalue weighted by Gasteiger charge is 2.75. The van der Waals surface area contributed by atoms with Crippen molar-refractivity contribution in [3.05, 3.63) is 0 Å². The molecule has 0 N–H and O–H groups in total. The van der Waals surface area contributed by atoms with E-state index >= 15 is 0 Å². The van der Waals surface area contributed by atoms with Gasteiger partial charge in [0.2, 0.25) is 0 Å². The molecule has 0 amide bonds. The van der Waals surface area contributed by atoms with Gasteiger partial charge in [0.25, 0.3) is 0 Å². The first-order valence-corrected chi connectivity index (χ1v) is 8.95. The average molecular weight is 444 g/mol. The summed E-state index contributed by atoms with van der Waals surface area (Å²) in [6, 6.07) is 0. The smallest absolute Gasteiger partial charge is 0.381 e. The van der Waals surface area contributed by atoms with E-state index in [9.17, 15) is 44.7 Å². The fourth-order valence-corrected chi connectivity index (χ4v) is 2.12. The lowest BCUT2D eigenvalue weighted by Gasteiger charge is -2.31. The fraction of sp³-hybridized carbons (Fsp3) is 0.882. The number of rotatable bonds is 14. The predicted molar refractivity (Wildman–Crippen MR) is 85.4 cm³/mol. The van der Waals surface area contributed by atoms with Gasteiger partial charge in [0.15, 0.2) is 6.61 Å². The molecule has 0 aromatic carbocycles. The number of carbonyl (C=O) groups excluding carboxylic acids is 2. The zero-order valence-electron chi connectivity index (χ0n) is 16.0. The van der Waals surface area contributed by atoms with E-state index in [-0.39, 0.29) is 18.9 Å². The van der Waals surface area contributed by atoms with Crippen LogP contribution < -0.4 is 0 Å². The van der Waals surface area contributed by atoms with Crippen LogP contribution in [0.15, 0.2) is 0 Å². The summed E-state index contributed by atoms with van der Waals surface area (Å²) in [5, 5.41) is 0. The quantitative estimate of drug-likeness (QED) is 0.205. The predicted octanol–water partition coefficient (Wildman–Crippen LogP) is 5.38. The molecule has 0 aliphatic rings. The summed E-state index contributed by atoms with van der Waals surface area (Å²) >= 11 is 0. The molecule has 172 valence electrons. The third-order valence-electron chi connectivity index (χ3n) is 3.88. The van der Waals surface area contributed by atoms with Gasteiger partial charge < -0.3 is 9.47 Å². The largest absolute Gasteiger partial charge is 0.463 e. The topological polar surface area (TPSA) is 52.6 Å². The van der Waals surface area contributed by atoms with Crippen LogP contribution in [0.4, 0.5) is 35.1 Å². The van der Waals surface area contributed by atoms with E-state index in [2.05, 4.69) is 4.74 Å². The van der Waals surface area contributed by atoms with Crippen LogP contribution in [0.2, 0.25) is 0 Å². The van der Waals surface area contributed by atoms with Crippen LogP contribution in [-0.2, 0) is 19.1 Å². The van der Waals surface area contributed by atoms with E-state index in [4.69, 9.17) is 4.74 Å². The molecule has 0 aromatic heterocycles. The van der Waals surface area contributed by atoms with Crippen molar-refractivity contribution in [2.24, 2.45) is 0 Å². The standard InChI is InChI=1S/C17H24F8O4/c1-3-4-5-7-11(2)29-13(27)9-6-8-12(26)28-10-15(20,21)17(24,25)16(22,23)14(18)19/h11,14H,3-10H2,1-2H3. The lowest BCUT2D eigenvalue weighted by atomic mass is 10.1. The first-order chi connectivity index (χ1) is 13.2. The molecule has 0 aliphatic heterocycles. The Hall–Kier alpha value is -1.62. The molecule has 0 saturated heterocycles. The molecule has 0 rings (SSSR count). The van der Waals surface area contributed by atoms with Gasteiger partial charge in [-0.15, -0.1) is 0 Å². The summed E-state index contributed by atoms with van der Waals surface area (Å²) in [6.07, 6.45) is -3.17. The molecule has 0 aromatic rings. The molecule has 0 saturated carbocycles. The van der Waals surface area contributed by atoms with E-state index in [0.717, 1.165) is 19.3 Å². The van der Waals surface area contributed by atoms with E-state index in [1.54, 1.807) is 6.92 Å². The molecule has 1 unspecified atom stereocenters. The van der Waals surface area contributed by atoms with Gasteiger partial charge in [-0.2, -0.15) is 26.3 Å². The maximum atomic E-state index is 13.2. The van der Waals surface area contributed by atoms with E-state index < -0.39 is 49.2 Å². The SMILES string of the molecule is CCCCCC(C)OC(=O)CCCC(=O)OCC(F)(F)C(F)(F)C(F)(F)C(F)F. The summed E-state index contributed by atoms with van der Waals surface area (Å²) in [7, 11) is 0. The Labute approximate surface area is 162 Å². The zero-order valence-corrected chi connectivity index (χ0v) is 16.0. The Bertz CT molecular complexity index is 526. The molecule has 29 heavy (non-hydrogen) atoms. The number of unbranched alkanes of at least 4 members (excludes halogenated alkanes) is 2. The Morgan fingerprint density at radius 3 is 1.97 bits per heavy atom. The maximum Gasteiger partial charge on any atom is 0.381 e. The minimum Gasteiger partial charge on any atom is -0.463 e. The fourth-order valence-electron chi connectivity index (χ4n) is 2.12. The first kappa shape index (κ1) is 27.4. The molecule has 0 spiro atoms. The van der Waals surface area contributed by atoms with Crippen LogP contribution in [0.1, 0.15) is 58.8 Å². The van der Waals surface area contributed by atoms with Gasteiger partial charge >= 0.3 is 36.1 Å². The van der Waals surface area contributed by atoms with Crippen LogP contribution >= 0.6 is 0 Å². The molecule has 1 atom stereocenters. The molecular formula is C17H24F8O4. The monoisotopic (exact) mass is 444 g/mol. The van der Waals surface area contributed by atoms with Crippen molar-refractivity contribution in [2.75, 3.05) is 6.61 Å². The van der Waals surface area contributed by atoms with Gasteiger partial charge in [-0.05, 0) is 26.2 Å². The van der Waals surface area contributed by atoms with E-state index in [0.29, 0.717) is 6.42 Å². The number of hydrogen-bond acceptors (Lipinski definition) is 4. The van der Waals surface area contributed by atoms with Crippen molar-refractivity contribution in [2.45, 2.75) is 89.1 Å². The molecule has 0 fully saturated rings. The third-order valence-corrected chi connectivity index (χ3v) is 3.88. The van der Waals surface area contributed by atoms with Crippen LogP contribution in [0, 0.1) is 0 Å². The highest BCUT2D eigenvalue weighted by atomic mass is 19.4. The van der Waals surface area contributed by atoms with Gasteiger partial charge in [0.1, 0.15) is 0 Å². The number of ether oxygens (including phenoxy) is 2. The first-order valence-electron chi connectivity index (χ1n) is 8.95. The molecule has 0 radical (unpaired) electrons. The summed E-state index contributed by atoms with van der Waals surface area (Å²) in [5.74, 6) is -20.6. The minimum absolute atomic E-state index is 0.228. The van der Waals surface area contributed by atoms with Crippen molar-refractivity contribution < 1.29 is 54.2 Å². The Balaban J connectivity index is 4.37. The van der Waals surface area contributed by atoms with E-state index in [1.807, 2.05) is 6.92 Å². The highest BCUT2D eigenvalue weighted by molar-refractivity contribution is 5.72. The number of carbonyl (C=O) groups is 2. The number of halogens is 8. The summed E-state index contributed by atoms with van der Waals surface area (Å²) < 4.78 is 111. The van der Waals surface area contributed by atoms with Gasteiger partial charge in [-0.25, -0.2) is 8.78 Å². The van der Waals surface area contributed by atoms with Crippen molar-refractivity contribution in [1.29, 1.82) is 0 Å². The van der Waals surface area contributed by atoms with Crippen molar-refractivity contribution in [3.63, 3.8) is 0 Å². The lowest BCUT2D eigenvalue weighted by molar-refractivity contribution is -0.344. The molecule has 0 aliphatic carbocycles. The molecule has 0 heterocycles. The van der Waals surface area contributed by atoms with Crippen molar-refractivity contribution >= 4 is 11.9 Å². The molecule has 4 nitrogen and oxygen atoms in total. The van der Waals surface area contributed by atoms with Crippen LogP contribution in [0.3, 0.4) is 0 Å². The second-order valence-corrected chi connectivity index (χ2v) is 6.51. The summed E-state index contributed by atoms with van der Waals surface area (Å²) in [5.41, 5.74) is 0. The van der Waals surface area contributed by atoms with Gasteiger partial charge in [0, 0.05) is 12.8 Å². The zero-order chi connectivity index (χ0) is 22.9. The Morgan fingerprint density at radius 1 is 0.897 bits per heavy atom. The average Bonchev–Trinajstić information content (AvgIpc) is 2.59. The van der Waals surface area contributed by atoms with Gasteiger partial charge in [0.05, 0.1) is 6.10 Å². The van der Waals surface area contributed by atoms with Crippen LogP contribution in [0.5, 0.6) is 0 Å². The Kier molecular flexibility index (Phi) is 10.9. The Morgan fingerprint density at radius 2 is 1.45 bits per heavy atom. The van der Waals surface area contributed by atoms with Crippen LogP contribution in [0.25, 0.3) is 0 Å². The normalized spacial score (nSPS) is 14.0. The summed E-state index contributed by atoms with van der Waals surface area (Å²) in [6.45, 7) is 1.15. The molecular weight excluding hydrogens is 420 g/mol. The maximum absolute atomic E-state index is 13.2.